The predicted octanol–water partition coefficient (Wildman–Crippen LogP) is 3.29. The Morgan fingerprint density at radius 2 is 2.24 bits per heavy atom. The molecule has 110 valence electrons. The van der Waals surface area contributed by atoms with Gasteiger partial charge < -0.3 is 10.1 Å². The Morgan fingerprint density at radius 3 is 2.95 bits per heavy atom. The number of rotatable bonds is 4. The zero-order valence-corrected chi connectivity index (χ0v) is 13.1. The third kappa shape index (κ3) is 2.47. The van der Waals surface area contributed by atoms with E-state index in [1.165, 1.54) is 29.0 Å². The number of benzene rings is 1. The molecule has 1 aromatic carbocycles. The third-order valence-electron chi connectivity index (χ3n) is 4.63. The molecule has 1 saturated carbocycles. The van der Waals surface area contributed by atoms with Crippen LogP contribution in [0.3, 0.4) is 0 Å². The lowest BCUT2D eigenvalue weighted by Gasteiger charge is -2.38. The van der Waals surface area contributed by atoms with Gasteiger partial charge in [-0.1, -0.05) is 6.07 Å². The molecule has 1 heterocycles. The molecule has 0 bridgehead atoms. The Balaban J connectivity index is 1.71. The van der Waals surface area contributed by atoms with Crippen LogP contribution < -0.4 is 10.1 Å². The van der Waals surface area contributed by atoms with Gasteiger partial charge >= 0.3 is 0 Å². The fraction of sp³-hybridized carbons (Fsp3) is 0.471. The summed E-state index contributed by atoms with van der Waals surface area (Å²) < 4.78 is 5.40. The summed E-state index contributed by atoms with van der Waals surface area (Å²) >= 11 is 1.78. The van der Waals surface area contributed by atoms with Gasteiger partial charge in [0.2, 0.25) is 0 Å². The van der Waals surface area contributed by atoms with Gasteiger partial charge in [0.1, 0.15) is 10.8 Å². The first kappa shape index (κ1) is 13.3. The summed E-state index contributed by atoms with van der Waals surface area (Å²) in [6, 6.07) is 7.17. The largest absolute Gasteiger partial charge is 0.497 e. The number of fused-ring (bicyclic) bond motifs is 1. The minimum Gasteiger partial charge on any atom is -0.497 e. The van der Waals surface area contributed by atoms with E-state index in [1.807, 2.05) is 6.20 Å². The summed E-state index contributed by atoms with van der Waals surface area (Å²) in [4.78, 5) is 4.63. The van der Waals surface area contributed by atoms with Crippen molar-refractivity contribution in [3.8, 4) is 5.75 Å². The van der Waals surface area contributed by atoms with E-state index in [1.54, 1.807) is 18.4 Å². The minimum atomic E-state index is 0.0225. The van der Waals surface area contributed by atoms with Crippen molar-refractivity contribution in [1.82, 2.24) is 10.3 Å². The average molecular weight is 300 g/mol. The summed E-state index contributed by atoms with van der Waals surface area (Å²) in [6.45, 7) is 0. The van der Waals surface area contributed by atoms with Crippen molar-refractivity contribution in [2.24, 2.45) is 0 Å². The molecule has 0 amide bonds. The Bertz CT molecular complexity index is 636. The molecule has 2 aliphatic rings. The highest BCUT2D eigenvalue weighted by Gasteiger charge is 2.42. The number of nitrogens with zero attached hydrogens (tertiary/aromatic N) is 1. The fourth-order valence-electron chi connectivity index (χ4n) is 3.34. The summed E-state index contributed by atoms with van der Waals surface area (Å²) in [5.41, 5.74) is 2.89. The van der Waals surface area contributed by atoms with Crippen LogP contribution >= 0.6 is 11.3 Å². The molecule has 21 heavy (non-hydrogen) atoms. The van der Waals surface area contributed by atoms with Gasteiger partial charge in [-0.05, 0) is 55.4 Å². The highest BCUT2D eigenvalue weighted by Crippen LogP contribution is 2.40. The number of aromatic nitrogens is 1. The third-order valence-corrected chi connectivity index (χ3v) is 5.60. The van der Waals surface area contributed by atoms with Crippen molar-refractivity contribution in [2.45, 2.75) is 43.7 Å². The molecular weight excluding hydrogens is 280 g/mol. The van der Waals surface area contributed by atoms with Crippen molar-refractivity contribution in [3.63, 3.8) is 0 Å². The van der Waals surface area contributed by atoms with E-state index in [-0.39, 0.29) is 5.54 Å². The molecule has 0 spiro atoms. The molecule has 1 fully saturated rings. The highest BCUT2D eigenvalue weighted by molar-refractivity contribution is 7.09. The van der Waals surface area contributed by atoms with E-state index in [2.05, 4.69) is 33.9 Å². The highest BCUT2D eigenvalue weighted by atomic mass is 32.1. The zero-order chi connectivity index (χ0) is 14.3. The van der Waals surface area contributed by atoms with Gasteiger partial charge in [0.15, 0.2) is 0 Å². The Kier molecular flexibility index (Phi) is 3.23. The van der Waals surface area contributed by atoms with Gasteiger partial charge in [0, 0.05) is 17.6 Å². The normalized spacial score (nSPS) is 24.6. The van der Waals surface area contributed by atoms with Crippen LogP contribution in [0.15, 0.2) is 29.8 Å². The van der Waals surface area contributed by atoms with E-state index in [4.69, 9.17) is 4.74 Å². The Labute approximate surface area is 129 Å². The van der Waals surface area contributed by atoms with Gasteiger partial charge in [-0.3, -0.25) is 0 Å². The molecule has 4 heteroatoms. The molecule has 2 aromatic rings. The topological polar surface area (TPSA) is 34.1 Å². The molecule has 3 nitrogen and oxygen atoms in total. The van der Waals surface area contributed by atoms with Crippen LogP contribution in [0.25, 0.3) is 0 Å². The molecule has 0 aliphatic heterocycles. The SMILES string of the molecule is COc1ccc2c(c1)CC(NC1CC1)(c1nccs1)CC2. The van der Waals surface area contributed by atoms with E-state index < -0.39 is 0 Å². The standard InChI is InChI=1S/C17H20N2OS/c1-20-15-5-2-12-6-7-17(11-13(12)10-15,19-14-3-4-14)16-18-8-9-21-16/h2,5,8-10,14,19H,3-4,6-7,11H2,1H3. The molecule has 0 radical (unpaired) electrons. The number of thiazole rings is 1. The molecule has 1 atom stereocenters. The van der Waals surface area contributed by atoms with Gasteiger partial charge in [-0.2, -0.15) is 0 Å². The van der Waals surface area contributed by atoms with E-state index in [9.17, 15) is 0 Å². The van der Waals surface area contributed by atoms with Gasteiger partial charge in [0.05, 0.1) is 12.6 Å². The first-order chi connectivity index (χ1) is 10.3. The van der Waals surface area contributed by atoms with Crippen LogP contribution in [0.1, 0.15) is 35.4 Å². The molecular formula is C17H20N2OS. The predicted molar refractivity (Wildman–Crippen MR) is 85.0 cm³/mol. The maximum atomic E-state index is 5.40. The zero-order valence-electron chi connectivity index (χ0n) is 12.3. The first-order valence-corrected chi connectivity index (χ1v) is 8.50. The lowest BCUT2D eigenvalue weighted by atomic mass is 9.78. The molecule has 0 saturated heterocycles. The average Bonchev–Trinajstić information content (AvgIpc) is 3.15. The van der Waals surface area contributed by atoms with Gasteiger partial charge in [-0.15, -0.1) is 11.3 Å². The number of aryl methyl sites for hydroxylation is 1. The van der Waals surface area contributed by atoms with E-state index >= 15 is 0 Å². The quantitative estimate of drug-likeness (QED) is 0.941. The van der Waals surface area contributed by atoms with Crippen LogP contribution in [0.4, 0.5) is 0 Å². The van der Waals surface area contributed by atoms with Gasteiger partial charge in [-0.25, -0.2) is 4.98 Å². The number of nitrogens with one attached hydrogen (secondary N) is 1. The summed E-state index contributed by atoms with van der Waals surface area (Å²) in [7, 11) is 1.74. The van der Waals surface area contributed by atoms with Crippen molar-refractivity contribution in [2.75, 3.05) is 7.11 Å². The number of hydrogen-bond donors (Lipinski definition) is 1. The van der Waals surface area contributed by atoms with Crippen LogP contribution in [0, 0.1) is 0 Å². The second-order valence-electron chi connectivity index (χ2n) is 6.15. The lowest BCUT2D eigenvalue weighted by Crippen LogP contribution is -2.47. The fourth-order valence-corrected chi connectivity index (χ4v) is 4.18. The van der Waals surface area contributed by atoms with Crippen LogP contribution in [0.5, 0.6) is 5.75 Å². The second kappa shape index (κ2) is 5.11. The van der Waals surface area contributed by atoms with E-state index in [0.29, 0.717) is 6.04 Å². The van der Waals surface area contributed by atoms with Crippen molar-refractivity contribution < 1.29 is 4.74 Å². The maximum Gasteiger partial charge on any atom is 0.119 e. The van der Waals surface area contributed by atoms with Crippen LogP contribution in [0.2, 0.25) is 0 Å². The molecule has 4 rings (SSSR count). The van der Waals surface area contributed by atoms with E-state index in [0.717, 1.165) is 25.0 Å². The van der Waals surface area contributed by atoms with Crippen molar-refractivity contribution in [1.29, 1.82) is 0 Å². The first-order valence-electron chi connectivity index (χ1n) is 7.62. The van der Waals surface area contributed by atoms with Crippen molar-refractivity contribution >= 4 is 11.3 Å². The Hall–Kier alpha value is -1.39. The second-order valence-corrected chi connectivity index (χ2v) is 7.04. The number of ether oxygens (including phenoxy) is 1. The summed E-state index contributed by atoms with van der Waals surface area (Å²) in [6.07, 6.45) is 7.80. The Morgan fingerprint density at radius 1 is 1.33 bits per heavy atom. The lowest BCUT2D eigenvalue weighted by molar-refractivity contribution is 0.286. The minimum absolute atomic E-state index is 0.0225. The summed E-state index contributed by atoms with van der Waals surface area (Å²) in [5.74, 6) is 0.954. The molecule has 1 N–H and O–H groups in total. The summed E-state index contributed by atoms with van der Waals surface area (Å²) in [5, 5.41) is 7.22. The van der Waals surface area contributed by atoms with Crippen LogP contribution in [-0.4, -0.2) is 18.1 Å². The number of hydrogen-bond acceptors (Lipinski definition) is 4. The molecule has 2 aliphatic carbocycles. The monoisotopic (exact) mass is 300 g/mol. The smallest absolute Gasteiger partial charge is 0.119 e. The van der Waals surface area contributed by atoms with Gasteiger partial charge in [0.25, 0.3) is 0 Å². The molecule has 1 unspecified atom stereocenters. The molecule has 1 aromatic heterocycles. The number of methoxy groups -OCH3 is 1. The maximum absolute atomic E-state index is 5.40. The van der Waals surface area contributed by atoms with Crippen molar-refractivity contribution in [3.05, 3.63) is 45.9 Å². The van der Waals surface area contributed by atoms with Crippen LogP contribution in [-0.2, 0) is 18.4 Å².